The molecule has 0 saturated heterocycles. The van der Waals surface area contributed by atoms with Crippen LogP contribution in [0.2, 0.25) is 0 Å². The van der Waals surface area contributed by atoms with Crippen LogP contribution in [0.3, 0.4) is 0 Å². The zero-order chi connectivity index (χ0) is 12.3. The topological polar surface area (TPSA) is 68.2 Å². The minimum absolute atomic E-state index is 0.189. The molecule has 1 heterocycles. The van der Waals surface area contributed by atoms with Crippen LogP contribution in [-0.2, 0) is 6.42 Å². The summed E-state index contributed by atoms with van der Waals surface area (Å²) in [5, 5.41) is 3.95. The highest BCUT2D eigenvalue weighted by Crippen LogP contribution is 2.38. The number of hydrogen-bond donors (Lipinski definition) is 1. The fourth-order valence-electron chi connectivity index (χ4n) is 2.57. The summed E-state index contributed by atoms with van der Waals surface area (Å²) < 4.78 is 5.30. The summed E-state index contributed by atoms with van der Waals surface area (Å²) in [6.07, 6.45) is 7.06. The fourth-order valence-corrected chi connectivity index (χ4v) is 2.57. The molecule has 0 unspecified atom stereocenters. The molecule has 5 nitrogen and oxygen atoms in total. The monoisotopic (exact) mass is 238 g/mol. The van der Waals surface area contributed by atoms with Crippen molar-refractivity contribution in [3.8, 4) is 0 Å². The van der Waals surface area contributed by atoms with E-state index in [1.807, 2.05) is 19.0 Å². The molecule has 1 aliphatic carbocycles. The van der Waals surface area contributed by atoms with Crippen molar-refractivity contribution in [2.24, 2.45) is 11.1 Å². The molecule has 0 aliphatic heterocycles. The van der Waals surface area contributed by atoms with Crippen molar-refractivity contribution in [1.29, 1.82) is 0 Å². The van der Waals surface area contributed by atoms with E-state index in [2.05, 4.69) is 10.1 Å². The average Bonchev–Trinajstić information content (AvgIpc) is 2.79. The summed E-state index contributed by atoms with van der Waals surface area (Å²) >= 11 is 0. The normalized spacial score (nSPS) is 19.2. The molecule has 0 bridgehead atoms. The van der Waals surface area contributed by atoms with Gasteiger partial charge in [-0.2, -0.15) is 4.98 Å². The zero-order valence-corrected chi connectivity index (χ0v) is 10.8. The van der Waals surface area contributed by atoms with Crippen LogP contribution in [0.4, 0.5) is 5.95 Å². The molecule has 2 rings (SSSR count). The van der Waals surface area contributed by atoms with E-state index in [9.17, 15) is 0 Å². The summed E-state index contributed by atoms with van der Waals surface area (Å²) in [4.78, 5) is 6.24. The van der Waals surface area contributed by atoms with E-state index in [0.29, 0.717) is 12.5 Å². The van der Waals surface area contributed by atoms with Crippen LogP contribution < -0.4 is 10.6 Å². The number of nitrogens with two attached hydrogens (primary N) is 1. The van der Waals surface area contributed by atoms with Crippen molar-refractivity contribution >= 4 is 5.95 Å². The van der Waals surface area contributed by atoms with Crippen LogP contribution in [0.1, 0.15) is 38.0 Å². The minimum atomic E-state index is 0.189. The van der Waals surface area contributed by atoms with Crippen LogP contribution in [0.25, 0.3) is 0 Å². The Labute approximate surface area is 102 Å². The van der Waals surface area contributed by atoms with Gasteiger partial charge in [0.1, 0.15) is 0 Å². The molecular weight excluding hydrogens is 216 g/mol. The third kappa shape index (κ3) is 2.77. The van der Waals surface area contributed by atoms with Gasteiger partial charge in [-0.05, 0) is 30.0 Å². The summed E-state index contributed by atoms with van der Waals surface area (Å²) in [5.41, 5.74) is 6.14. The lowest BCUT2D eigenvalue weighted by molar-refractivity contribution is 0.177. The Hall–Kier alpha value is -1.10. The maximum absolute atomic E-state index is 5.95. The molecular formula is C12H22N4O. The first-order valence-electron chi connectivity index (χ1n) is 6.35. The van der Waals surface area contributed by atoms with Crippen LogP contribution in [-0.4, -0.2) is 30.8 Å². The van der Waals surface area contributed by atoms with Gasteiger partial charge in [0.2, 0.25) is 5.89 Å². The Kier molecular flexibility index (Phi) is 3.66. The molecule has 0 spiro atoms. The van der Waals surface area contributed by atoms with Gasteiger partial charge in [0.25, 0.3) is 5.95 Å². The van der Waals surface area contributed by atoms with Gasteiger partial charge < -0.3 is 15.2 Å². The largest absolute Gasteiger partial charge is 0.344 e. The smallest absolute Gasteiger partial charge is 0.265 e. The second kappa shape index (κ2) is 5.04. The highest BCUT2D eigenvalue weighted by atomic mass is 16.5. The molecule has 1 fully saturated rings. The molecule has 0 radical (unpaired) electrons. The Balaban J connectivity index is 2.06. The molecule has 17 heavy (non-hydrogen) atoms. The average molecular weight is 238 g/mol. The van der Waals surface area contributed by atoms with Crippen LogP contribution >= 0.6 is 0 Å². The SMILES string of the molecule is CN(C)c1noc(CC2(CN)CCCCC2)n1. The fraction of sp³-hybridized carbons (Fsp3) is 0.833. The van der Waals surface area contributed by atoms with Crippen molar-refractivity contribution < 1.29 is 4.52 Å². The Morgan fingerprint density at radius 3 is 2.53 bits per heavy atom. The van der Waals surface area contributed by atoms with E-state index >= 15 is 0 Å². The minimum Gasteiger partial charge on any atom is -0.344 e. The van der Waals surface area contributed by atoms with Crippen molar-refractivity contribution in [3.63, 3.8) is 0 Å². The van der Waals surface area contributed by atoms with Crippen molar-refractivity contribution in [3.05, 3.63) is 5.89 Å². The Bertz CT molecular complexity index is 355. The molecule has 1 aromatic rings. The van der Waals surface area contributed by atoms with Crippen LogP contribution in [0.15, 0.2) is 4.52 Å². The third-order valence-electron chi connectivity index (χ3n) is 3.73. The second-order valence-corrected chi connectivity index (χ2v) is 5.32. The lowest BCUT2D eigenvalue weighted by atomic mass is 9.72. The highest BCUT2D eigenvalue weighted by Gasteiger charge is 2.32. The van der Waals surface area contributed by atoms with Gasteiger partial charge in [-0.1, -0.05) is 19.3 Å². The standard InChI is InChI=1S/C12H22N4O/c1-16(2)11-14-10(17-15-11)8-12(9-13)6-4-3-5-7-12/h3-9,13H2,1-2H3. The van der Waals surface area contributed by atoms with Gasteiger partial charge in [0.15, 0.2) is 0 Å². The van der Waals surface area contributed by atoms with Gasteiger partial charge in [0.05, 0.1) is 0 Å². The lowest BCUT2D eigenvalue weighted by Crippen LogP contribution is -2.35. The number of rotatable bonds is 4. The first-order valence-corrected chi connectivity index (χ1v) is 6.35. The van der Waals surface area contributed by atoms with E-state index < -0.39 is 0 Å². The molecule has 0 aromatic carbocycles. The van der Waals surface area contributed by atoms with Crippen molar-refractivity contribution in [1.82, 2.24) is 10.1 Å². The zero-order valence-electron chi connectivity index (χ0n) is 10.8. The summed E-state index contributed by atoms with van der Waals surface area (Å²) in [5.74, 6) is 1.36. The number of aromatic nitrogens is 2. The molecule has 2 N–H and O–H groups in total. The van der Waals surface area contributed by atoms with Gasteiger partial charge in [-0.25, -0.2) is 0 Å². The molecule has 0 amide bonds. The van der Waals surface area contributed by atoms with Crippen molar-refractivity contribution in [2.75, 3.05) is 25.5 Å². The van der Waals surface area contributed by atoms with E-state index in [4.69, 9.17) is 10.3 Å². The van der Waals surface area contributed by atoms with E-state index in [-0.39, 0.29) is 5.41 Å². The maximum atomic E-state index is 5.95. The van der Waals surface area contributed by atoms with Crippen molar-refractivity contribution in [2.45, 2.75) is 38.5 Å². The number of nitrogens with zero attached hydrogens (tertiary/aromatic N) is 3. The highest BCUT2D eigenvalue weighted by molar-refractivity contribution is 5.23. The number of hydrogen-bond acceptors (Lipinski definition) is 5. The molecule has 1 aliphatic rings. The molecule has 96 valence electrons. The van der Waals surface area contributed by atoms with E-state index in [0.717, 1.165) is 12.3 Å². The summed E-state index contributed by atoms with van der Waals surface area (Å²) in [7, 11) is 3.82. The Morgan fingerprint density at radius 2 is 2.00 bits per heavy atom. The van der Waals surface area contributed by atoms with Gasteiger partial charge in [-0.15, -0.1) is 0 Å². The first-order chi connectivity index (χ1) is 8.15. The lowest BCUT2D eigenvalue weighted by Gasteiger charge is -2.34. The van der Waals surface area contributed by atoms with E-state index in [1.54, 1.807) is 0 Å². The van der Waals surface area contributed by atoms with Gasteiger partial charge in [0, 0.05) is 20.5 Å². The van der Waals surface area contributed by atoms with E-state index in [1.165, 1.54) is 32.1 Å². The Morgan fingerprint density at radius 1 is 1.29 bits per heavy atom. The second-order valence-electron chi connectivity index (χ2n) is 5.32. The predicted molar refractivity (Wildman–Crippen MR) is 66.9 cm³/mol. The first kappa shape index (κ1) is 12.4. The summed E-state index contributed by atoms with van der Waals surface area (Å²) in [6, 6.07) is 0. The third-order valence-corrected chi connectivity index (χ3v) is 3.73. The predicted octanol–water partition coefficient (Wildman–Crippen LogP) is 1.59. The molecule has 0 atom stereocenters. The van der Waals surface area contributed by atoms with Gasteiger partial charge in [-0.3, -0.25) is 0 Å². The maximum Gasteiger partial charge on any atom is 0.265 e. The molecule has 1 saturated carbocycles. The number of anilines is 1. The quantitative estimate of drug-likeness (QED) is 0.862. The van der Waals surface area contributed by atoms with Crippen LogP contribution in [0, 0.1) is 5.41 Å². The summed E-state index contributed by atoms with van der Waals surface area (Å²) in [6.45, 7) is 0.715. The molecule has 1 aromatic heterocycles. The van der Waals surface area contributed by atoms with Gasteiger partial charge >= 0.3 is 0 Å². The van der Waals surface area contributed by atoms with Crippen LogP contribution in [0.5, 0.6) is 0 Å². The molecule has 5 heteroatoms.